The normalized spacial score (nSPS) is 16.3. The summed E-state index contributed by atoms with van der Waals surface area (Å²) >= 11 is 0. The predicted molar refractivity (Wildman–Crippen MR) is 99.2 cm³/mol. The van der Waals surface area contributed by atoms with Crippen molar-refractivity contribution >= 4 is 17.6 Å². The van der Waals surface area contributed by atoms with Crippen LogP contribution >= 0.6 is 0 Å². The van der Waals surface area contributed by atoms with E-state index < -0.39 is 23.5 Å². The van der Waals surface area contributed by atoms with Crippen molar-refractivity contribution in [3.63, 3.8) is 0 Å². The van der Waals surface area contributed by atoms with Crippen LogP contribution in [0, 0.1) is 0 Å². The van der Waals surface area contributed by atoms with Crippen LogP contribution in [0.4, 0.5) is 37.7 Å². The smallest absolute Gasteiger partial charge is 0.378 e. The first kappa shape index (κ1) is 22.1. The average Bonchev–Trinajstić information content (AvgIpc) is 2.71. The second-order valence-corrected chi connectivity index (χ2v) is 6.70. The van der Waals surface area contributed by atoms with Gasteiger partial charge in [0.25, 0.3) is 5.60 Å². The van der Waals surface area contributed by atoms with Gasteiger partial charge in [-0.1, -0.05) is 24.3 Å². The highest BCUT2D eigenvalue weighted by molar-refractivity contribution is 5.82. The highest BCUT2D eigenvalue weighted by Gasteiger charge is 2.71. The number of ether oxygens (including phenoxy) is 1. The molecule has 30 heavy (non-hydrogen) atoms. The number of morpholine rings is 1. The van der Waals surface area contributed by atoms with Gasteiger partial charge >= 0.3 is 12.4 Å². The molecule has 0 radical (unpaired) electrons. The van der Waals surface area contributed by atoms with Crippen LogP contribution in [0.2, 0.25) is 0 Å². The first-order chi connectivity index (χ1) is 14.0. The highest BCUT2D eigenvalue weighted by Crippen LogP contribution is 2.50. The number of aliphatic imine (C=N–C) groups is 1. The van der Waals surface area contributed by atoms with E-state index in [1.54, 1.807) is 12.1 Å². The van der Waals surface area contributed by atoms with Crippen LogP contribution in [0.15, 0.2) is 53.5 Å². The van der Waals surface area contributed by atoms with Gasteiger partial charge in [0.1, 0.15) is 0 Å². The summed E-state index contributed by atoms with van der Waals surface area (Å²) in [6.45, 7) is 2.86. The third-order valence-electron chi connectivity index (χ3n) is 4.74. The lowest BCUT2D eigenvalue weighted by Crippen LogP contribution is -2.53. The fourth-order valence-electron chi connectivity index (χ4n) is 3.02. The Morgan fingerprint density at radius 2 is 1.37 bits per heavy atom. The van der Waals surface area contributed by atoms with Gasteiger partial charge < -0.3 is 14.7 Å². The number of halogens is 6. The van der Waals surface area contributed by atoms with Crippen molar-refractivity contribution in [1.29, 1.82) is 0 Å². The van der Waals surface area contributed by atoms with Gasteiger partial charge in [0, 0.05) is 30.6 Å². The Kier molecular flexibility index (Phi) is 6.09. The third kappa shape index (κ3) is 4.44. The number of nitrogens with zero attached hydrogens (tertiary/aromatic N) is 2. The molecule has 0 atom stereocenters. The molecule has 162 valence electrons. The largest absolute Gasteiger partial charge is 0.430 e. The molecule has 10 heteroatoms. The standard InChI is InChI=1S/C20H18F6N2O2/c21-19(22,23)18(29,20(24,25)26)15-3-5-16(6-4-15)27-13-14-1-7-17(8-2-14)28-9-11-30-12-10-28/h1-8,13,29H,9-12H2. The molecule has 4 nitrogen and oxygen atoms in total. The van der Waals surface area contributed by atoms with Gasteiger partial charge in [-0.2, -0.15) is 26.3 Å². The minimum absolute atomic E-state index is 0.141. The van der Waals surface area contributed by atoms with Crippen LogP contribution in [0.25, 0.3) is 0 Å². The Hall–Kier alpha value is -2.59. The summed E-state index contributed by atoms with van der Waals surface area (Å²) in [4.78, 5) is 6.22. The number of hydrogen-bond acceptors (Lipinski definition) is 4. The van der Waals surface area contributed by atoms with Crippen LogP contribution in [0.5, 0.6) is 0 Å². The maximum Gasteiger partial charge on any atom is 0.430 e. The van der Waals surface area contributed by atoms with E-state index in [1.807, 2.05) is 12.1 Å². The summed E-state index contributed by atoms with van der Waals surface area (Å²) in [6.07, 6.45) is -10.4. The first-order valence-corrected chi connectivity index (χ1v) is 8.95. The zero-order valence-corrected chi connectivity index (χ0v) is 15.5. The van der Waals surface area contributed by atoms with Gasteiger partial charge in [-0.05, 0) is 29.8 Å². The lowest BCUT2D eigenvalue weighted by Gasteiger charge is -2.32. The van der Waals surface area contributed by atoms with E-state index >= 15 is 0 Å². The summed E-state index contributed by atoms with van der Waals surface area (Å²) in [7, 11) is 0. The van der Waals surface area contributed by atoms with Gasteiger partial charge in [0.2, 0.25) is 0 Å². The number of hydrogen-bond donors (Lipinski definition) is 1. The summed E-state index contributed by atoms with van der Waals surface area (Å²) < 4.78 is 82.8. The summed E-state index contributed by atoms with van der Waals surface area (Å²) in [6, 6.07) is 10.5. The molecule has 1 fully saturated rings. The number of anilines is 1. The first-order valence-electron chi connectivity index (χ1n) is 8.95. The molecule has 2 aromatic carbocycles. The topological polar surface area (TPSA) is 45.1 Å². The van der Waals surface area contributed by atoms with Crippen LogP contribution in [-0.2, 0) is 10.3 Å². The quantitative estimate of drug-likeness (QED) is 0.568. The molecule has 0 aliphatic carbocycles. The Morgan fingerprint density at radius 3 is 1.87 bits per heavy atom. The second kappa shape index (κ2) is 8.27. The van der Waals surface area contributed by atoms with Crippen LogP contribution < -0.4 is 4.90 Å². The molecule has 0 spiro atoms. The van der Waals surface area contributed by atoms with E-state index in [9.17, 15) is 31.4 Å². The minimum atomic E-state index is -5.92. The van der Waals surface area contributed by atoms with Crippen molar-refractivity contribution in [2.75, 3.05) is 31.2 Å². The maximum atomic E-state index is 12.9. The Balaban J connectivity index is 1.74. The molecule has 1 heterocycles. The van der Waals surface area contributed by atoms with Crippen molar-refractivity contribution in [2.24, 2.45) is 4.99 Å². The zero-order valence-electron chi connectivity index (χ0n) is 15.5. The van der Waals surface area contributed by atoms with E-state index in [4.69, 9.17) is 4.74 Å². The molecular weight excluding hydrogens is 414 g/mol. The van der Waals surface area contributed by atoms with Crippen molar-refractivity contribution in [2.45, 2.75) is 18.0 Å². The molecule has 1 N–H and O–H groups in total. The molecule has 0 amide bonds. The highest BCUT2D eigenvalue weighted by atomic mass is 19.4. The fourth-order valence-corrected chi connectivity index (χ4v) is 3.02. The number of alkyl halides is 6. The fraction of sp³-hybridized carbons (Fsp3) is 0.350. The van der Waals surface area contributed by atoms with E-state index in [1.165, 1.54) is 6.21 Å². The Morgan fingerprint density at radius 1 is 0.833 bits per heavy atom. The molecule has 0 bridgehead atoms. The van der Waals surface area contributed by atoms with Crippen molar-refractivity contribution in [3.8, 4) is 0 Å². The number of benzene rings is 2. The van der Waals surface area contributed by atoms with Crippen LogP contribution in [0.1, 0.15) is 11.1 Å². The SMILES string of the molecule is OC(c1ccc(N=Cc2ccc(N3CCOCC3)cc2)cc1)(C(F)(F)F)C(F)(F)F. The second-order valence-electron chi connectivity index (χ2n) is 6.70. The van der Waals surface area contributed by atoms with E-state index in [0.29, 0.717) is 30.9 Å². The minimum Gasteiger partial charge on any atom is -0.378 e. The Labute approximate surface area is 168 Å². The van der Waals surface area contributed by atoms with E-state index in [2.05, 4.69) is 9.89 Å². The number of rotatable bonds is 4. The molecule has 1 aliphatic heterocycles. The van der Waals surface area contributed by atoms with E-state index in [0.717, 1.165) is 30.9 Å². The van der Waals surface area contributed by atoms with Gasteiger partial charge in [-0.15, -0.1) is 0 Å². The van der Waals surface area contributed by atoms with E-state index in [-0.39, 0.29) is 5.69 Å². The van der Waals surface area contributed by atoms with Gasteiger partial charge in [0.05, 0.1) is 18.9 Å². The van der Waals surface area contributed by atoms with Gasteiger partial charge in [0.15, 0.2) is 0 Å². The molecule has 0 saturated carbocycles. The predicted octanol–water partition coefficient (Wildman–Crippen LogP) is 4.59. The Bertz CT molecular complexity index is 856. The summed E-state index contributed by atoms with van der Waals surface area (Å²) in [5, 5.41) is 9.39. The lowest BCUT2D eigenvalue weighted by atomic mass is 9.92. The lowest BCUT2D eigenvalue weighted by molar-refractivity contribution is -0.376. The zero-order chi connectivity index (χ0) is 22.0. The molecule has 2 aromatic rings. The maximum absolute atomic E-state index is 12.9. The molecule has 1 saturated heterocycles. The average molecular weight is 432 g/mol. The molecule has 0 aromatic heterocycles. The summed E-state index contributed by atoms with van der Waals surface area (Å²) in [5.41, 5.74) is -4.41. The number of aliphatic hydroxyl groups is 1. The van der Waals surface area contributed by atoms with Crippen LogP contribution in [-0.4, -0.2) is 50.0 Å². The van der Waals surface area contributed by atoms with Crippen molar-refractivity contribution in [3.05, 3.63) is 59.7 Å². The monoisotopic (exact) mass is 432 g/mol. The van der Waals surface area contributed by atoms with Crippen LogP contribution in [0.3, 0.4) is 0 Å². The summed E-state index contributed by atoms with van der Waals surface area (Å²) in [5.74, 6) is 0. The molecule has 0 unspecified atom stereocenters. The molecule has 3 rings (SSSR count). The molecule has 1 aliphatic rings. The third-order valence-corrected chi connectivity index (χ3v) is 4.74. The van der Waals surface area contributed by atoms with Gasteiger partial charge in [-0.3, -0.25) is 4.99 Å². The van der Waals surface area contributed by atoms with Gasteiger partial charge in [-0.25, -0.2) is 0 Å². The van der Waals surface area contributed by atoms with Crippen molar-refractivity contribution < 1.29 is 36.2 Å². The van der Waals surface area contributed by atoms with Crippen molar-refractivity contribution in [1.82, 2.24) is 0 Å². The molecular formula is C20H18F6N2O2.